The van der Waals surface area contributed by atoms with Crippen LogP contribution in [0, 0.1) is 11.3 Å². The molecular formula is C23H37ClNO3Si. The van der Waals surface area contributed by atoms with Crippen molar-refractivity contribution in [1.29, 1.82) is 0 Å². The lowest BCUT2D eigenvalue weighted by molar-refractivity contribution is 0.0224. The van der Waals surface area contributed by atoms with Crippen LogP contribution in [-0.4, -0.2) is 32.2 Å². The number of amides is 1. The number of rotatable bonds is 7. The predicted molar refractivity (Wildman–Crippen MR) is 122 cm³/mol. The first-order valence-corrected chi connectivity index (χ1v) is 13.3. The third kappa shape index (κ3) is 7.95. The lowest BCUT2D eigenvalue weighted by Crippen LogP contribution is -2.37. The normalized spacial score (nSPS) is 16.1. The van der Waals surface area contributed by atoms with E-state index >= 15 is 0 Å². The van der Waals surface area contributed by atoms with Crippen LogP contribution in [-0.2, 0) is 15.7 Å². The third-order valence-electron chi connectivity index (χ3n) is 4.68. The van der Waals surface area contributed by atoms with E-state index in [9.17, 15) is 4.79 Å². The summed E-state index contributed by atoms with van der Waals surface area (Å²) in [6, 6.07) is 6.03. The van der Waals surface area contributed by atoms with Gasteiger partial charge in [-0.3, -0.25) is 0 Å². The number of hydrogen-bond acceptors (Lipinski definition) is 3. The van der Waals surface area contributed by atoms with Crippen LogP contribution >= 0.6 is 11.6 Å². The van der Waals surface area contributed by atoms with Gasteiger partial charge in [0.25, 0.3) is 0 Å². The van der Waals surface area contributed by atoms with Crippen LogP contribution in [0.4, 0.5) is 4.79 Å². The molecule has 29 heavy (non-hydrogen) atoms. The van der Waals surface area contributed by atoms with E-state index in [2.05, 4.69) is 39.9 Å². The van der Waals surface area contributed by atoms with Crippen molar-refractivity contribution in [1.82, 2.24) is 4.90 Å². The van der Waals surface area contributed by atoms with Crippen molar-refractivity contribution in [3.63, 3.8) is 0 Å². The molecule has 0 N–H and O–H groups in total. The first-order valence-electron chi connectivity index (χ1n) is 10.5. The minimum atomic E-state index is -0.899. The molecule has 1 aliphatic rings. The van der Waals surface area contributed by atoms with E-state index in [4.69, 9.17) is 20.8 Å². The average Bonchev–Trinajstić information content (AvgIpc) is 3.35. The Hall–Kier alpha value is -1.04. The number of nitrogens with zero attached hydrogens (tertiary/aromatic N) is 1. The Bertz CT molecular complexity index is 705. The SMILES string of the molecule is C[Si](C)OC(c1cc(CN(CC2CC2)C(=O)OC(C)(C)C)ccc1Cl)C(C)(C)C. The molecule has 2 rings (SSSR count). The molecule has 1 unspecified atom stereocenters. The van der Waals surface area contributed by atoms with Crippen molar-refractivity contribution in [2.24, 2.45) is 11.3 Å². The minimum Gasteiger partial charge on any atom is -0.444 e. The van der Waals surface area contributed by atoms with Gasteiger partial charge in [0.1, 0.15) is 5.60 Å². The molecule has 0 aliphatic heterocycles. The smallest absolute Gasteiger partial charge is 0.410 e. The molecule has 4 nitrogen and oxygen atoms in total. The van der Waals surface area contributed by atoms with E-state index < -0.39 is 14.6 Å². The zero-order valence-corrected chi connectivity index (χ0v) is 21.0. The second-order valence-electron chi connectivity index (χ2n) is 10.4. The first-order chi connectivity index (χ1) is 13.3. The quantitative estimate of drug-likeness (QED) is 0.437. The average molecular weight is 439 g/mol. The van der Waals surface area contributed by atoms with E-state index in [0.717, 1.165) is 17.7 Å². The maximum absolute atomic E-state index is 12.8. The fraction of sp³-hybridized carbons (Fsp3) is 0.696. The fourth-order valence-corrected chi connectivity index (χ4v) is 4.37. The summed E-state index contributed by atoms with van der Waals surface area (Å²) in [7, 11) is -0.899. The Morgan fingerprint density at radius 1 is 1.21 bits per heavy atom. The predicted octanol–water partition coefficient (Wildman–Crippen LogP) is 6.84. The second-order valence-corrected chi connectivity index (χ2v) is 12.9. The van der Waals surface area contributed by atoms with Crippen LogP contribution in [0.2, 0.25) is 18.1 Å². The molecule has 1 amide bonds. The molecule has 0 aromatic heterocycles. The molecule has 163 valence electrons. The van der Waals surface area contributed by atoms with Gasteiger partial charge in [-0.05, 0) is 81.3 Å². The van der Waals surface area contributed by atoms with Crippen molar-refractivity contribution >= 4 is 26.7 Å². The van der Waals surface area contributed by atoms with Crippen molar-refractivity contribution in [2.45, 2.75) is 85.7 Å². The molecule has 1 aliphatic carbocycles. The highest BCUT2D eigenvalue weighted by atomic mass is 35.5. The summed E-state index contributed by atoms with van der Waals surface area (Å²) >= 11 is 6.59. The van der Waals surface area contributed by atoms with Gasteiger partial charge >= 0.3 is 6.09 Å². The van der Waals surface area contributed by atoms with Crippen molar-refractivity contribution in [3.8, 4) is 0 Å². The number of carbonyl (C=O) groups excluding carboxylic acids is 1. The molecule has 1 aromatic carbocycles. The monoisotopic (exact) mass is 438 g/mol. The van der Waals surface area contributed by atoms with Crippen molar-refractivity contribution in [3.05, 3.63) is 34.3 Å². The summed E-state index contributed by atoms with van der Waals surface area (Å²) in [5.74, 6) is 0.588. The molecule has 0 bridgehead atoms. The van der Waals surface area contributed by atoms with Gasteiger partial charge in [-0.25, -0.2) is 4.79 Å². The second kappa shape index (κ2) is 9.40. The topological polar surface area (TPSA) is 38.8 Å². The number of carbonyl (C=O) groups is 1. The van der Waals surface area contributed by atoms with Crippen molar-refractivity contribution < 1.29 is 14.0 Å². The minimum absolute atomic E-state index is 0.0803. The summed E-state index contributed by atoms with van der Waals surface area (Å²) in [6.45, 7) is 17.8. The zero-order valence-electron chi connectivity index (χ0n) is 19.3. The van der Waals surface area contributed by atoms with E-state index in [1.54, 1.807) is 0 Å². The highest BCUT2D eigenvalue weighted by molar-refractivity contribution is 6.48. The maximum Gasteiger partial charge on any atom is 0.410 e. The Labute approximate surface area is 183 Å². The van der Waals surface area contributed by atoms with Gasteiger partial charge in [0, 0.05) is 18.1 Å². The molecule has 1 fully saturated rings. The van der Waals surface area contributed by atoms with Crippen LogP contribution in [0.1, 0.15) is 71.6 Å². The van der Waals surface area contributed by atoms with Crippen molar-refractivity contribution in [2.75, 3.05) is 6.54 Å². The standard InChI is InChI=1S/C23H37ClNO3Si/c1-22(2,3)20(28-29(7)8)18-13-17(11-12-19(18)24)15-25(14-16-9-10-16)21(26)27-23(4,5)6/h11-13,16,20H,9-10,14-15H2,1-8H3. The first kappa shape index (κ1) is 24.2. The zero-order chi connectivity index (χ0) is 22.0. The van der Waals surface area contributed by atoms with E-state index in [0.29, 0.717) is 17.5 Å². The third-order valence-corrected chi connectivity index (χ3v) is 5.73. The molecule has 1 radical (unpaired) electrons. The van der Waals surface area contributed by atoms with Gasteiger partial charge in [-0.1, -0.05) is 38.4 Å². The Morgan fingerprint density at radius 2 is 1.83 bits per heavy atom. The Morgan fingerprint density at radius 3 is 2.31 bits per heavy atom. The molecular weight excluding hydrogens is 402 g/mol. The Balaban J connectivity index is 2.28. The van der Waals surface area contributed by atoms with Crippen LogP contribution in [0.3, 0.4) is 0 Å². The van der Waals surface area contributed by atoms with E-state index in [1.165, 1.54) is 12.8 Å². The molecule has 1 saturated carbocycles. The highest BCUT2D eigenvalue weighted by Gasteiger charge is 2.32. The number of halogens is 1. The molecule has 1 aromatic rings. The van der Waals surface area contributed by atoms with Gasteiger partial charge in [0.15, 0.2) is 0 Å². The van der Waals surface area contributed by atoms with Crippen LogP contribution in [0.5, 0.6) is 0 Å². The summed E-state index contributed by atoms with van der Waals surface area (Å²) < 4.78 is 12.0. The maximum atomic E-state index is 12.8. The summed E-state index contributed by atoms with van der Waals surface area (Å²) in [5.41, 5.74) is 1.46. The highest BCUT2D eigenvalue weighted by Crippen LogP contribution is 2.40. The van der Waals surface area contributed by atoms with E-state index in [-0.39, 0.29) is 17.6 Å². The largest absolute Gasteiger partial charge is 0.444 e. The fourth-order valence-electron chi connectivity index (χ4n) is 3.20. The van der Waals surface area contributed by atoms with Crippen LogP contribution in [0.15, 0.2) is 18.2 Å². The molecule has 0 heterocycles. The molecule has 0 saturated heterocycles. The van der Waals surface area contributed by atoms with Crippen LogP contribution < -0.4 is 0 Å². The lowest BCUT2D eigenvalue weighted by atomic mass is 9.84. The molecule has 6 heteroatoms. The number of benzene rings is 1. The summed E-state index contributed by atoms with van der Waals surface area (Å²) in [6.07, 6.45) is 2.03. The molecule has 1 atom stereocenters. The summed E-state index contributed by atoms with van der Waals surface area (Å²) in [4.78, 5) is 14.6. The van der Waals surface area contributed by atoms with Gasteiger partial charge < -0.3 is 14.1 Å². The van der Waals surface area contributed by atoms with Gasteiger partial charge in [0.05, 0.1) is 6.10 Å². The lowest BCUT2D eigenvalue weighted by Gasteiger charge is -2.34. The number of ether oxygens (including phenoxy) is 1. The van der Waals surface area contributed by atoms with Crippen LogP contribution in [0.25, 0.3) is 0 Å². The molecule has 0 spiro atoms. The Kier molecular flexibility index (Phi) is 7.85. The summed E-state index contributed by atoms with van der Waals surface area (Å²) in [5, 5.41) is 0.711. The van der Waals surface area contributed by atoms with Gasteiger partial charge in [0.2, 0.25) is 9.04 Å². The number of hydrogen-bond donors (Lipinski definition) is 0. The van der Waals surface area contributed by atoms with Gasteiger partial charge in [-0.15, -0.1) is 0 Å². The van der Waals surface area contributed by atoms with E-state index in [1.807, 2.05) is 37.8 Å². The van der Waals surface area contributed by atoms with Gasteiger partial charge in [-0.2, -0.15) is 0 Å².